The van der Waals surface area contributed by atoms with Crippen LogP contribution in [-0.4, -0.2) is 29.7 Å². The molecular weight excluding hydrogens is 154 g/mol. The maximum absolute atomic E-state index is 11.2. The van der Waals surface area contributed by atoms with Crippen LogP contribution in [0.3, 0.4) is 0 Å². The van der Waals surface area contributed by atoms with Gasteiger partial charge in [-0.25, -0.2) is 0 Å². The fraction of sp³-hybridized carbons (Fsp3) is 0.556. The molecule has 0 heterocycles. The smallest absolute Gasteiger partial charge is 0.246 e. The van der Waals surface area contributed by atoms with Crippen molar-refractivity contribution < 1.29 is 9.59 Å². The predicted molar refractivity (Wildman–Crippen MR) is 47.7 cm³/mol. The van der Waals surface area contributed by atoms with E-state index in [4.69, 9.17) is 0 Å². The van der Waals surface area contributed by atoms with Crippen LogP contribution in [0.1, 0.15) is 20.8 Å². The van der Waals surface area contributed by atoms with E-state index in [0.717, 1.165) is 0 Å². The Labute approximate surface area is 73.1 Å². The Balaban J connectivity index is 4.10. The van der Waals surface area contributed by atoms with Crippen molar-refractivity contribution in [1.82, 2.24) is 4.90 Å². The number of nitrogens with zero attached hydrogens (tertiary/aromatic N) is 1. The quantitative estimate of drug-likeness (QED) is 0.589. The number of hydrogen-bond acceptors (Lipinski definition) is 2. The van der Waals surface area contributed by atoms with Gasteiger partial charge < -0.3 is 4.90 Å². The van der Waals surface area contributed by atoms with E-state index in [2.05, 4.69) is 0 Å². The second-order valence-electron chi connectivity index (χ2n) is 2.45. The molecule has 3 heteroatoms. The highest BCUT2D eigenvalue weighted by atomic mass is 16.2. The fourth-order valence-corrected chi connectivity index (χ4v) is 0.829. The summed E-state index contributed by atoms with van der Waals surface area (Å²) in [4.78, 5) is 23.3. The first kappa shape index (κ1) is 10.9. The summed E-state index contributed by atoms with van der Waals surface area (Å²) in [5.41, 5.74) is 0. The third-order valence-corrected chi connectivity index (χ3v) is 1.54. The first-order chi connectivity index (χ1) is 5.61. The van der Waals surface area contributed by atoms with E-state index in [9.17, 15) is 9.59 Å². The van der Waals surface area contributed by atoms with Crippen LogP contribution in [0.4, 0.5) is 0 Å². The highest BCUT2D eigenvalue weighted by molar-refractivity contribution is 5.96. The Morgan fingerprint density at radius 1 is 1.17 bits per heavy atom. The monoisotopic (exact) mass is 169 g/mol. The van der Waals surface area contributed by atoms with E-state index in [1.54, 1.807) is 4.90 Å². The Kier molecular flexibility index (Phi) is 5.00. The number of likely N-dealkylation sites (N-methyl/N-ethyl adjacent to an activating group) is 1. The van der Waals surface area contributed by atoms with E-state index < -0.39 is 0 Å². The molecule has 0 atom stereocenters. The van der Waals surface area contributed by atoms with Crippen molar-refractivity contribution in [3.05, 3.63) is 12.2 Å². The largest absolute Gasteiger partial charge is 0.340 e. The summed E-state index contributed by atoms with van der Waals surface area (Å²) in [5, 5.41) is 0. The zero-order valence-electron chi connectivity index (χ0n) is 7.83. The van der Waals surface area contributed by atoms with Gasteiger partial charge in [-0.05, 0) is 26.8 Å². The third kappa shape index (κ3) is 3.91. The third-order valence-electron chi connectivity index (χ3n) is 1.54. The first-order valence-corrected chi connectivity index (χ1v) is 4.09. The van der Waals surface area contributed by atoms with Gasteiger partial charge in [0.2, 0.25) is 5.91 Å². The van der Waals surface area contributed by atoms with E-state index >= 15 is 0 Å². The average molecular weight is 169 g/mol. The highest BCUT2D eigenvalue weighted by Gasteiger charge is 2.04. The number of allylic oxidation sites excluding steroid dienone is 1. The minimum atomic E-state index is -0.102. The van der Waals surface area contributed by atoms with Gasteiger partial charge in [-0.2, -0.15) is 0 Å². The van der Waals surface area contributed by atoms with Gasteiger partial charge in [0.15, 0.2) is 5.78 Å². The summed E-state index contributed by atoms with van der Waals surface area (Å²) in [6, 6.07) is 0. The van der Waals surface area contributed by atoms with Crippen molar-refractivity contribution in [2.24, 2.45) is 0 Å². The maximum Gasteiger partial charge on any atom is 0.246 e. The molecule has 68 valence electrons. The molecule has 12 heavy (non-hydrogen) atoms. The molecule has 0 N–H and O–H groups in total. The van der Waals surface area contributed by atoms with Crippen LogP contribution in [-0.2, 0) is 9.59 Å². The van der Waals surface area contributed by atoms with Crippen LogP contribution in [0.25, 0.3) is 0 Å². The molecule has 0 spiro atoms. The van der Waals surface area contributed by atoms with E-state index in [1.165, 1.54) is 19.1 Å². The number of carbonyl (C=O) groups excluding carboxylic acids is 2. The molecule has 0 rings (SSSR count). The lowest BCUT2D eigenvalue weighted by Crippen LogP contribution is -2.28. The molecule has 0 radical (unpaired) electrons. The standard InChI is InChI=1S/C9H15NO2/c1-4-10(5-2)9(12)7-6-8(3)11/h6-7H,4-5H2,1-3H3/b7-6+. The molecule has 0 aliphatic carbocycles. The molecule has 0 bridgehead atoms. The number of hydrogen-bond donors (Lipinski definition) is 0. The van der Waals surface area contributed by atoms with Gasteiger partial charge in [0, 0.05) is 19.2 Å². The van der Waals surface area contributed by atoms with Crippen LogP contribution in [0.2, 0.25) is 0 Å². The molecule has 0 saturated carbocycles. The minimum absolute atomic E-state index is 0.101. The van der Waals surface area contributed by atoms with Gasteiger partial charge in [0.1, 0.15) is 0 Å². The van der Waals surface area contributed by atoms with E-state index in [0.29, 0.717) is 13.1 Å². The fourth-order valence-electron chi connectivity index (χ4n) is 0.829. The molecule has 0 aliphatic rings. The summed E-state index contributed by atoms with van der Waals surface area (Å²) in [6.45, 7) is 6.59. The SMILES string of the molecule is CCN(CC)C(=O)/C=C/C(C)=O. The topological polar surface area (TPSA) is 37.4 Å². The van der Waals surface area contributed by atoms with Crippen LogP contribution >= 0.6 is 0 Å². The van der Waals surface area contributed by atoms with Gasteiger partial charge >= 0.3 is 0 Å². The van der Waals surface area contributed by atoms with Crippen LogP contribution < -0.4 is 0 Å². The molecule has 0 aromatic rings. The van der Waals surface area contributed by atoms with E-state index in [-0.39, 0.29) is 11.7 Å². The summed E-state index contributed by atoms with van der Waals surface area (Å²) in [6.07, 6.45) is 2.61. The molecular formula is C9H15NO2. The Morgan fingerprint density at radius 3 is 2.00 bits per heavy atom. The Hall–Kier alpha value is -1.12. The lowest BCUT2D eigenvalue weighted by atomic mass is 10.3. The number of amides is 1. The summed E-state index contributed by atoms with van der Waals surface area (Å²) in [5.74, 6) is -0.203. The average Bonchev–Trinajstić information content (AvgIpc) is 2.03. The number of ketones is 1. The molecule has 0 saturated heterocycles. The van der Waals surface area contributed by atoms with Crippen molar-refractivity contribution in [2.45, 2.75) is 20.8 Å². The van der Waals surface area contributed by atoms with Gasteiger partial charge in [-0.15, -0.1) is 0 Å². The van der Waals surface area contributed by atoms with Crippen molar-refractivity contribution in [3.8, 4) is 0 Å². The zero-order chi connectivity index (χ0) is 9.56. The maximum atomic E-state index is 11.2. The predicted octanol–water partition coefficient (Wildman–Crippen LogP) is 1.00. The van der Waals surface area contributed by atoms with Gasteiger partial charge in [0.25, 0.3) is 0 Å². The van der Waals surface area contributed by atoms with Crippen LogP contribution in [0.15, 0.2) is 12.2 Å². The minimum Gasteiger partial charge on any atom is -0.340 e. The van der Waals surface area contributed by atoms with Crippen molar-refractivity contribution in [2.75, 3.05) is 13.1 Å². The van der Waals surface area contributed by atoms with Gasteiger partial charge in [-0.1, -0.05) is 0 Å². The number of carbonyl (C=O) groups is 2. The van der Waals surface area contributed by atoms with Crippen molar-refractivity contribution in [3.63, 3.8) is 0 Å². The van der Waals surface area contributed by atoms with Crippen LogP contribution in [0.5, 0.6) is 0 Å². The molecule has 0 fully saturated rings. The highest BCUT2D eigenvalue weighted by Crippen LogP contribution is 1.90. The molecule has 0 aromatic heterocycles. The summed E-state index contributed by atoms with van der Waals surface area (Å²) >= 11 is 0. The zero-order valence-corrected chi connectivity index (χ0v) is 7.83. The lowest BCUT2D eigenvalue weighted by Gasteiger charge is -2.15. The first-order valence-electron chi connectivity index (χ1n) is 4.09. The Bertz CT molecular complexity index is 193. The summed E-state index contributed by atoms with van der Waals surface area (Å²) < 4.78 is 0. The second kappa shape index (κ2) is 5.52. The molecule has 1 amide bonds. The number of rotatable bonds is 4. The van der Waals surface area contributed by atoms with Gasteiger partial charge in [0.05, 0.1) is 0 Å². The van der Waals surface area contributed by atoms with Crippen molar-refractivity contribution >= 4 is 11.7 Å². The van der Waals surface area contributed by atoms with Crippen LogP contribution in [0, 0.1) is 0 Å². The molecule has 0 aliphatic heterocycles. The molecule has 0 unspecified atom stereocenters. The van der Waals surface area contributed by atoms with E-state index in [1.807, 2.05) is 13.8 Å². The van der Waals surface area contributed by atoms with Gasteiger partial charge in [-0.3, -0.25) is 9.59 Å². The summed E-state index contributed by atoms with van der Waals surface area (Å²) in [7, 11) is 0. The lowest BCUT2D eigenvalue weighted by molar-refractivity contribution is -0.126. The molecule has 3 nitrogen and oxygen atoms in total. The molecule has 0 aromatic carbocycles. The van der Waals surface area contributed by atoms with Crippen molar-refractivity contribution in [1.29, 1.82) is 0 Å². The Morgan fingerprint density at radius 2 is 1.67 bits per heavy atom. The normalized spacial score (nSPS) is 10.2. The second-order valence-corrected chi connectivity index (χ2v) is 2.45.